The van der Waals surface area contributed by atoms with Crippen LogP contribution in [-0.2, 0) is 0 Å². The van der Waals surface area contributed by atoms with E-state index in [2.05, 4.69) is 19.8 Å². The molecular formula is C11H18N4O. The Bertz CT molecular complexity index is 337. The summed E-state index contributed by atoms with van der Waals surface area (Å²) in [6, 6.07) is 1.95. The van der Waals surface area contributed by atoms with Crippen molar-refractivity contribution in [2.75, 3.05) is 44.2 Å². The minimum absolute atomic E-state index is 0.243. The lowest BCUT2D eigenvalue weighted by Crippen LogP contribution is -2.47. The molecular weight excluding hydrogens is 204 g/mol. The Kier molecular flexibility index (Phi) is 3.69. The molecule has 1 aliphatic rings. The predicted molar refractivity (Wildman–Crippen MR) is 62.5 cm³/mol. The van der Waals surface area contributed by atoms with Gasteiger partial charge in [-0.2, -0.15) is 0 Å². The molecule has 0 aliphatic carbocycles. The Labute approximate surface area is 95.7 Å². The van der Waals surface area contributed by atoms with E-state index in [1.54, 1.807) is 6.20 Å². The van der Waals surface area contributed by atoms with Crippen molar-refractivity contribution in [1.29, 1.82) is 0 Å². The maximum atomic E-state index is 8.86. The molecule has 0 amide bonds. The predicted octanol–water partition coefficient (Wildman–Crippen LogP) is -0.101. The van der Waals surface area contributed by atoms with Gasteiger partial charge in [0.15, 0.2) is 0 Å². The Hall–Kier alpha value is -1.20. The van der Waals surface area contributed by atoms with Gasteiger partial charge in [-0.05, 0) is 13.0 Å². The van der Waals surface area contributed by atoms with Crippen LogP contribution in [0.2, 0.25) is 0 Å². The zero-order valence-corrected chi connectivity index (χ0v) is 9.63. The van der Waals surface area contributed by atoms with Crippen molar-refractivity contribution in [3.63, 3.8) is 0 Å². The highest BCUT2D eigenvalue weighted by Gasteiger charge is 2.17. The molecule has 0 aromatic carbocycles. The molecule has 1 N–H and O–H groups in total. The van der Waals surface area contributed by atoms with Crippen LogP contribution in [0, 0.1) is 6.92 Å². The van der Waals surface area contributed by atoms with Gasteiger partial charge in [0.1, 0.15) is 11.6 Å². The second-order valence-electron chi connectivity index (χ2n) is 4.01. The normalized spacial score (nSPS) is 17.8. The van der Waals surface area contributed by atoms with Crippen molar-refractivity contribution >= 4 is 5.82 Å². The summed E-state index contributed by atoms with van der Waals surface area (Å²) in [5.74, 6) is 1.83. The number of anilines is 1. The Balaban J connectivity index is 1.94. The zero-order chi connectivity index (χ0) is 11.4. The monoisotopic (exact) mass is 222 g/mol. The van der Waals surface area contributed by atoms with Crippen molar-refractivity contribution in [1.82, 2.24) is 14.9 Å². The number of hydrogen-bond donors (Lipinski definition) is 1. The van der Waals surface area contributed by atoms with Gasteiger partial charge in [-0.25, -0.2) is 9.97 Å². The van der Waals surface area contributed by atoms with Crippen LogP contribution in [0.4, 0.5) is 5.82 Å². The average Bonchev–Trinajstić information content (AvgIpc) is 2.30. The molecule has 2 heterocycles. The van der Waals surface area contributed by atoms with Crippen LogP contribution >= 0.6 is 0 Å². The van der Waals surface area contributed by atoms with E-state index in [1.165, 1.54) is 0 Å². The molecule has 0 saturated carbocycles. The fourth-order valence-corrected chi connectivity index (χ4v) is 1.96. The third-order valence-electron chi connectivity index (χ3n) is 2.87. The molecule has 1 aromatic heterocycles. The quantitative estimate of drug-likeness (QED) is 0.774. The lowest BCUT2D eigenvalue weighted by molar-refractivity contribution is 0.188. The van der Waals surface area contributed by atoms with Crippen molar-refractivity contribution in [2.45, 2.75) is 6.92 Å². The van der Waals surface area contributed by atoms with E-state index < -0.39 is 0 Å². The summed E-state index contributed by atoms with van der Waals surface area (Å²) in [4.78, 5) is 13.0. The van der Waals surface area contributed by atoms with Gasteiger partial charge in [0.25, 0.3) is 0 Å². The van der Waals surface area contributed by atoms with E-state index in [0.717, 1.165) is 44.4 Å². The van der Waals surface area contributed by atoms with Crippen molar-refractivity contribution < 1.29 is 5.11 Å². The molecule has 0 spiro atoms. The summed E-state index contributed by atoms with van der Waals surface area (Å²) in [5, 5.41) is 8.86. The van der Waals surface area contributed by atoms with E-state index >= 15 is 0 Å². The third kappa shape index (κ3) is 2.68. The summed E-state index contributed by atoms with van der Waals surface area (Å²) < 4.78 is 0. The summed E-state index contributed by atoms with van der Waals surface area (Å²) >= 11 is 0. The van der Waals surface area contributed by atoms with E-state index in [0.29, 0.717) is 0 Å². The molecule has 1 fully saturated rings. The molecule has 0 bridgehead atoms. The number of aromatic nitrogens is 2. The van der Waals surface area contributed by atoms with Crippen LogP contribution in [-0.4, -0.2) is 59.3 Å². The molecule has 1 saturated heterocycles. The molecule has 5 heteroatoms. The highest BCUT2D eigenvalue weighted by molar-refractivity contribution is 5.37. The number of hydrogen-bond acceptors (Lipinski definition) is 5. The van der Waals surface area contributed by atoms with Gasteiger partial charge < -0.3 is 10.0 Å². The molecule has 16 heavy (non-hydrogen) atoms. The van der Waals surface area contributed by atoms with E-state index in [4.69, 9.17) is 5.11 Å². The SMILES string of the molecule is Cc1nccc(N2CCN(CCO)CC2)n1. The van der Waals surface area contributed by atoms with Crippen LogP contribution in [0.25, 0.3) is 0 Å². The van der Waals surface area contributed by atoms with Gasteiger partial charge in [-0.1, -0.05) is 0 Å². The summed E-state index contributed by atoms with van der Waals surface area (Å²) in [7, 11) is 0. The zero-order valence-electron chi connectivity index (χ0n) is 9.63. The topological polar surface area (TPSA) is 52.5 Å². The third-order valence-corrected chi connectivity index (χ3v) is 2.87. The first-order chi connectivity index (χ1) is 7.79. The number of β-amino-alcohol motifs (C(OH)–C–C–N with tert-alkyl or cyclic N) is 1. The number of aryl methyl sites for hydroxylation is 1. The standard InChI is InChI=1S/C11H18N4O/c1-10-12-3-2-11(13-10)15-6-4-14(5-7-15)8-9-16/h2-3,16H,4-9H2,1H3. The van der Waals surface area contributed by atoms with Crippen LogP contribution in [0.15, 0.2) is 12.3 Å². The summed E-state index contributed by atoms with van der Waals surface area (Å²) in [6.07, 6.45) is 1.80. The largest absolute Gasteiger partial charge is 0.395 e. The number of aliphatic hydroxyl groups excluding tert-OH is 1. The number of piperazine rings is 1. The smallest absolute Gasteiger partial charge is 0.132 e. The molecule has 0 radical (unpaired) electrons. The lowest BCUT2D eigenvalue weighted by atomic mass is 10.3. The van der Waals surface area contributed by atoms with Crippen molar-refractivity contribution in [3.8, 4) is 0 Å². The lowest BCUT2D eigenvalue weighted by Gasteiger charge is -2.35. The highest BCUT2D eigenvalue weighted by Crippen LogP contribution is 2.12. The molecule has 0 unspecified atom stereocenters. The number of aliphatic hydroxyl groups is 1. The van der Waals surface area contributed by atoms with Crippen LogP contribution < -0.4 is 4.90 Å². The molecule has 1 aliphatic heterocycles. The second kappa shape index (κ2) is 5.23. The molecule has 1 aromatic rings. The fraction of sp³-hybridized carbons (Fsp3) is 0.636. The van der Waals surface area contributed by atoms with Crippen LogP contribution in [0.1, 0.15) is 5.82 Å². The van der Waals surface area contributed by atoms with E-state index in [9.17, 15) is 0 Å². The van der Waals surface area contributed by atoms with E-state index in [-0.39, 0.29) is 6.61 Å². The minimum atomic E-state index is 0.243. The summed E-state index contributed by atoms with van der Waals surface area (Å²) in [6.45, 7) is 6.84. The second-order valence-corrected chi connectivity index (χ2v) is 4.01. The van der Waals surface area contributed by atoms with Gasteiger partial charge >= 0.3 is 0 Å². The molecule has 2 rings (SSSR count). The molecule has 88 valence electrons. The van der Waals surface area contributed by atoms with Crippen molar-refractivity contribution in [3.05, 3.63) is 18.1 Å². The Morgan fingerprint density at radius 2 is 2.06 bits per heavy atom. The minimum Gasteiger partial charge on any atom is -0.395 e. The Morgan fingerprint density at radius 1 is 1.31 bits per heavy atom. The first-order valence-electron chi connectivity index (χ1n) is 5.67. The van der Waals surface area contributed by atoms with Gasteiger partial charge in [0, 0.05) is 38.9 Å². The van der Waals surface area contributed by atoms with Gasteiger partial charge in [0.2, 0.25) is 0 Å². The van der Waals surface area contributed by atoms with Gasteiger partial charge in [-0.3, -0.25) is 4.90 Å². The number of rotatable bonds is 3. The maximum absolute atomic E-state index is 8.86. The van der Waals surface area contributed by atoms with Gasteiger partial charge in [0.05, 0.1) is 6.61 Å². The molecule has 0 atom stereocenters. The first kappa shape index (κ1) is 11.3. The van der Waals surface area contributed by atoms with Gasteiger partial charge in [-0.15, -0.1) is 0 Å². The van der Waals surface area contributed by atoms with Crippen molar-refractivity contribution in [2.24, 2.45) is 0 Å². The maximum Gasteiger partial charge on any atom is 0.132 e. The summed E-state index contributed by atoms with van der Waals surface area (Å²) in [5.41, 5.74) is 0. The van der Waals surface area contributed by atoms with Crippen LogP contribution in [0.5, 0.6) is 0 Å². The first-order valence-corrected chi connectivity index (χ1v) is 5.67. The van der Waals surface area contributed by atoms with E-state index in [1.807, 2.05) is 13.0 Å². The average molecular weight is 222 g/mol. The Morgan fingerprint density at radius 3 is 2.69 bits per heavy atom. The fourth-order valence-electron chi connectivity index (χ4n) is 1.96. The highest BCUT2D eigenvalue weighted by atomic mass is 16.3. The molecule has 5 nitrogen and oxygen atoms in total. The van der Waals surface area contributed by atoms with Crippen LogP contribution in [0.3, 0.4) is 0 Å². The number of nitrogens with zero attached hydrogens (tertiary/aromatic N) is 4.